The van der Waals surface area contributed by atoms with Crippen molar-refractivity contribution in [2.75, 3.05) is 0 Å². The summed E-state index contributed by atoms with van der Waals surface area (Å²) in [5.74, 6) is -0.695. The normalized spacial score (nSPS) is 10.2. The van der Waals surface area contributed by atoms with Crippen LogP contribution < -0.4 is 0 Å². The van der Waals surface area contributed by atoms with E-state index in [1.807, 2.05) is 0 Å². The number of pyridine rings is 1. The molecule has 0 saturated heterocycles. The lowest BCUT2D eigenvalue weighted by Gasteiger charge is -2.03. The van der Waals surface area contributed by atoms with Crippen molar-refractivity contribution in [2.24, 2.45) is 0 Å². The zero-order valence-corrected chi connectivity index (χ0v) is 9.05. The Balaban J connectivity index is 2.65. The van der Waals surface area contributed by atoms with Gasteiger partial charge in [-0.2, -0.15) is 0 Å². The first-order valence-electron chi connectivity index (χ1n) is 4.95. The van der Waals surface area contributed by atoms with Crippen molar-refractivity contribution in [3.05, 3.63) is 58.0 Å². The van der Waals surface area contributed by atoms with Gasteiger partial charge in [-0.3, -0.25) is 0 Å². The first-order valence-corrected chi connectivity index (χ1v) is 4.95. The fourth-order valence-corrected chi connectivity index (χ4v) is 1.58. The van der Waals surface area contributed by atoms with E-state index in [4.69, 9.17) is 0 Å². The average Bonchev–Trinajstić information content (AvgIpc) is 2.28. The van der Waals surface area contributed by atoms with Gasteiger partial charge in [0, 0.05) is 0 Å². The second-order valence-electron chi connectivity index (χ2n) is 3.65. The highest BCUT2D eigenvalue weighted by Gasteiger charge is 2.17. The minimum absolute atomic E-state index is 0.263. The topological polar surface area (TPSA) is 56.0 Å². The van der Waals surface area contributed by atoms with Gasteiger partial charge >= 0.3 is 5.82 Å². The van der Waals surface area contributed by atoms with E-state index in [0.29, 0.717) is 11.1 Å². The Labute approximate surface area is 96.9 Å². The fraction of sp³-hybridized carbons (Fsp3) is 0.0833. The van der Waals surface area contributed by atoms with Crippen molar-refractivity contribution in [3.63, 3.8) is 0 Å². The maximum absolute atomic E-state index is 13.1. The summed E-state index contributed by atoms with van der Waals surface area (Å²) < 4.78 is 13.1. The molecular weight excluding hydrogens is 223 g/mol. The van der Waals surface area contributed by atoms with Crippen LogP contribution in [0.2, 0.25) is 0 Å². The third-order valence-corrected chi connectivity index (χ3v) is 2.31. The van der Waals surface area contributed by atoms with Gasteiger partial charge in [0.05, 0.1) is 5.56 Å². The first-order chi connectivity index (χ1) is 8.08. The molecule has 2 rings (SSSR count). The Kier molecular flexibility index (Phi) is 2.82. The molecule has 0 saturated carbocycles. The molecule has 1 aromatic carbocycles. The van der Waals surface area contributed by atoms with Crippen LogP contribution in [0, 0.1) is 22.9 Å². The molecule has 5 heteroatoms. The van der Waals surface area contributed by atoms with E-state index in [2.05, 4.69) is 4.98 Å². The van der Waals surface area contributed by atoms with E-state index in [0.717, 1.165) is 5.56 Å². The summed E-state index contributed by atoms with van der Waals surface area (Å²) in [5, 5.41) is 10.8. The second kappa shape index (κ2) is 4.29. The summed E-state index contributed by atoms with van der Waals surface area (Å²) in [4.78, 5) is 14.0. The molecule has 0 bridgehead atoms. The van der Waals surface area contributed by atoms with Gasteiger partial charge in [0.25, 0.3) is 0 Å². The van der Waals surface area contributed by atoms with Gasteiger partial charge in [0.15, 0.2) is 0 Å². The van der Waals surface area contributed by atoms with Crippen molar-refractivity contribution in [1.29, 1.82) is 0 Å². The SMILES string of the molecule is Cc1cnc([N+](=O)[O-])c(-c2cccc(F)c2)c1. The van der Waals surface area contributed by atoms with Crippen LogP contribution in [0.3, 0.4) is 0 Å². The van der Waals surface area contributed by atoms with Crippen LogP contribution >= 0.6 is 0 Å². The zero-order chi connectivity index (χ0) is 12.4. The Morgan fingerprint density at radius 2 is 2.12 bits per heavy atom. The van der Waals surface area contributed by atoms with Gasteiger partial charge in [-0.05, 0) is 46.2 Å². The predicted molar refractivity (Wildman–Crippen MR) is 61.0 cm³/mol. The summed E-state index contributed by atoms with van der Waals surface area (Å²) in [6.07, 6.45) is 1.42. The van der Waals surface area contributed by atoms with E-state index < -0.39 is 10.7 Å². The maximum atomic E-state index is 13.1. The lowest BCUT2D eigenvalue weighted by molar-refractivity contribution is -0.388. The Hall–Kier alpha value is -2.30. The summed E-state index contributed by atoms with van der Waals surface area (Å²) in [6, 6.07) is 7.30. The molecule has 0 unspecified atom stereocenters. The minimum atomic E-state index is -0.570. The Morgan fingerprint density at radius 3 is 2.76 bits per heavy atom. The molecule has 0 amide bonds. The smallest absolute Gasteiger partial charge is 0.358 e. The first kappa shape index (κ1) is 11.2. The lowest BCUT2D eigenvalue weighted by Crippen LogP contribution is -1.96. The van der Waals surface area contributed by atoms with E-state index in [1.165, 1.54) is 24.4 Å². The minimum Gasteiger partial charge on any atom is -0.358 e. The van der Waals surface area contributed by atoms with Gasteiger partial charge < -0.3 is 10.1 Å². The largest absolute Gasteiger partial charge is 0.371 e. The fourth-order valence-electron chi connectivity index (χ4n) is 1.58. The van der Waals surface area contributed by atoms with Crippen LogP contribution in [0.25, 0.3) is 11.1 Å². The highest BCUT2D eigenvalue weighted by Crippen LogP contribution is 2.28. The third kappa shape index (κ3) is 2.28. The van der Waals surface area contributed by atoms with Crippen molar-refractivity contribution in [3.8, 4) is 11.1 Å². The molecule has 0 radical (unpaired) electrons. The highest BCUT2D eigenvalue weighted by molar-refractivity contribution is 5.71. The molecule has 0 aliphatic rings. The molecule has 0 N–H and O–H groups in total. The predicted octanol–water partition coefficient (Wildman–Crippen LogP) is 3.10. The van der Waals surface area contributed by atoms with Gasteiger partial charge in [-0.1, -0.05) is 12.1 Å². The standard InChI is InChI=1S/C12H9FN2O2/c1-8-5-11(12(14-7-8)15(16)17)9-3-2-4-10(13)6-9/h2-7H,1H3. The van der Waals surface area contributed by atoms with Crippen molar-refractivity contribution in [1.82, 2.24) is 4.98 Å². The number of aryl methyl sites for hydroxylation is 1. The van der Waals surface area contributed by atoms with Crippen LogP contribution in [0.4, 0.5) is 10.2 Å². The molecule has 0 aliphatic heterocycles. The molecule has 17 heavy (non-hydrogen) atoms. The second-order valence-corrected chi connectivity index (χ2v) is 3.65. The molecule has 0 aliphatic carbocycles. The summed E-state index contributed by atoms with van der Waals surface area (Å²) in [7, 11) is 0. The Morgan fingerprint density at radius 1 is 1.35 bits per heavy atom. The summed E-state index contributed by atoms with van der Waals surface area (Å²) in [5.41, 5.74) is 1.57. The number of hydrogen-bond donors (Lipinski definition) is 0. The van der Waals surface area contributed by atoms with Crippen molar-refractivity contribution >= 4 is 5.82 Å². The number of aromatic nitrogens is 1. The molecule has 0 spiro atoms. The number of hydrogen-bond acceptors (Lipinski definition) is 3. The zero-order valence-electron chi connectivity index (χ0n) is 9.05. The van der Waals surface area contributed by atoms with Gasteiger partial charge in [-0.15, -0.1) is 0 Å². The monoisotopic (exact) mass is 232 g/mol. The van der Waals surface area contributed by atoms with E-state index in [9.17, 15) is 14.5 Å². The van der Waals surface area contributed by atoms with Crippen molar-refractivity contribution in [2.45, 2.75) is 6.92 Å². The van der Waals surface area contributed by atoms with Crippen LogP contribution in [-0.4, -0.2) is 9.91 Å². The van der Waals surface area contributed by atoms with E-state index in [1.54, 1.807) is 19.1 Å². The van der Waals surface area contributed by atoms with Crippen LogP contribution in [-0.2, 0) is 0 Å². The van der Waals surface area contributed by atoms with Gasteiger partial charge in [0.1, 0.15) is 12.0 Å². The van der Waals surface area contributed by atoms with Gasteiger partial charge in [0.2, 0.25) is 0 Å². The number of benzene rings is 1. The Bertz CT molecular complexity index is 584. The van der Waals surface area contributed by atoms with Crippen molar-refractivity contribution < 1.29 is 9.31 Å². The molecule has 1 heterocycles. The lowest BCUT2D eigenvalue weighted by atomic mass is 10.1. The highest BCUT2D eigenvalue weighted by atomic mass is 19.1. The maximum Gasteiger partial charge on any atom is 0.371 e. The van der Waals surface area contributed by atoms with Crippen LogP contribution in [0.5, 0.6) is 0 Å². The summed E-state index contributed by atoms with van der Waals surface area (Å²) in [6.45, 7) is 1.78. The third-order valence-electron chi connectivity index (χ3n) is 2.31. The van der Waals surface area contributed by atoms with Crippen LogP contribution in [0.1, 0.15) is 5.56 Å². The molecular formula is C12H9FN2O2. The number of nitro groups is 1. The number of rotatable bonds is 2. The van der Waals surface area contributed by atoms with E-state index >= 15 is 0 Å². The van der Waals surface area contributed by atoms with E-state index in [-0.39, 0.29) is 5.82 Å². The molecule has 0 fully saturated rings. The number of halogens is 1. The average molecular weight is 232 g/mol. The molecule has 1 aromatic heterocycles. The molecule has 4 nitrogen and oxygen atoms in total. The molecule has 0 atom stereocenters. The number of nitrogens with zero attached hydrogens (tertiary/aromatic N) is 2. The van der Waals surface area contributed by atoms with Gasteiger partial charge in [-0.25, -0.2) is 4.39 Å². The summed E-state index contributed by atoms with van der Waals surface area (Å²) >= 11 is 0. The molecule has 2 aromatic rings. The molecule has 86 valence electrons. The quantitative estimate of drug-likeness (QED) is 0.590. The van der Waals surface area contributed by atoms with Crippen LogP contribution in [0.15, 0.2) is 36.5 Å².